The van der Waals surface area contributed by atoms with Gasteiger partial charge in [-0.1, -0.05) is 0 Å². The number of aromatic nitrogens is 1. The second kappa shape index (κ2) is 4.23. The molecule has 1 aromatic heterocycles. The molecule has 0 fully saturated rings. The van der Waals surface area contributed by atoms with Crippen molar-refractivity contribution in [3.8, 4) is 0 Å². The third-order valence-electron chi connectivity index (χ3n) is 1.39. The fraction of sp³-hybridized carbons (Fsp3) is 0.143. The molecule has 0 atom stereocenters. The topological polar surface area (TPSA) is 30.0 Å². The minimum absolute atomic E-state index is 0.106. The van der Waals surface area contributed by atoms with Crippen molar-refractivity contribution in [2.45, 2.75) is 6.43 Å². The number of nitrogens with zero attached hydrogens (tertiary/aromatic N) is 1. The number of rotatable bonds is 2. The van der Waals surface area contributed by atoms with Crippen molar-refractivity contribution in [3.05, 3.63) is 26.4 Å². The molecule has 0 aromatic carbocycles. The minimum atomic E-state index is -2.70. The normalized spacial score (nSPS) is 10.5. The molecule has 0 aliphatic carbocycles. The summed E-state index contributed by atoms with van der Waals surface area (Å²) in [6.45, 7) is 0. The molecular weight excluding hydrogens is 312 g/mol. The van der Waals surface area contributed by atoms with Crippen LogP contribution < -0.4 is 0 Å². The highest BCUT2D eigenvalue weighted by Crippen LogP contribution is 2.33. The molecule has 0 spiro atoms. The van der Waals surface area contributed by atoms with Gasteiger partial charge in [0.05, 0.1) is 4.47 Å². The molecule has 0 aliphatic rings. The van der Waals surface area contributed by atoms with Crippen LogP contribution in [0.2, 0.25) is 0 Å². The molecule has 1 heterocycles. The Kier molecular flexibility index (Phi) is 3.49. The summed E-state index contributed by atoms with van der Waals surface area (Å²) >= 11 is 5.89. The molecule has 0 saturated heterocycles. The van der Waals surface area contributed by atoms with Gasteiger partial charge in [0.25, 0.3) is 6.43 Å². The average Bonchev–Trinajstić information content (AvgIpc) is 2.08. The van der Waals surface area contributed by atoms with Crippen LogP contribution in [0.4, 0.5) is 8.78 Å². The van der Waals surface area contributed by atoms with Gasteiger partial charge in [0, 0.05) is 17.3 Å². The van der Waals surface area contributed by atoms with E-state index in [1.165, 1.54) is 0 Å². The van der Waals surface area contributed by atoms with E-state index in [2.05, 4.69) is 36.8 Å². The summed E-state index contributed by atoms with van der Waals surface area (Å²) in [5.41, 5.74) is -0.443. The Bertz CT molecular complexity index is 344. The van der Waals surface area contributed by atoms with Crippen LogP contribution >= 0.6 is 31.9 Å². The largest absolute Gasteiger partial charge is 0.298 e. The van der Waals surface area contributed by atoms with Crippen molar-refractivity contribution in [3.63, 3.8) is 0 Å². The van der Waals surface area contributed by atoms with Crippen molar-refractivity contribution in [1.29, 1.82) is 0 Å². The van der Waals surface area contributed by atoms with Crippen molar-refractivity contribution in [2.75, 3.05) is 0 Å². The molecule has 6 heteroatoms. The lowest BCUT2D eigenvalue weighted by molar-refractivity contribution is 0.110. The van der Waals surface area contributed by atoms with Crippen molar-refractivity contribution >= 4 is 38.1 Å². The van der Waals surface area contributed by atoms with Crippen LogP contribution in [0.5, 0.6) is 0 Å². The molecule has 0 unspecified atom stereocenters. The summed E-state index contributed by atoms with van der Waals surface area (Å²) in [6, 6.07) is 0. The van der Waals surface area contributed by atoms with E-state index in [1.54, 1.807) is 0 Å². The second-order valence-electron chi connectivity index (χ2n) is 2.15. The molecule has 70 valence electrons. The van der Waals surface area contributed by atoms with Crippen LogP contribution in [0, 0.1) is 0 Å². The van der Waals surface area contributed by atoms with E-state index in [9.17, 15) is 13.6 Å². The van der Waals surface area contributed by atoms with Gasteiger partial charge in [-0.25, -0.2) is 13.8 Å². The maximum atomic E-state index is 12.4. The molecule has 1 rings (SSSR count). The Morgan fingerprint density at radius 1 is 1.46 bits per heavy atom. The third kappa shape index (κ3) is 2.11. The van der Waals surface area contributed by atoms with Gasteiger partial charge in [-0.15, -0.1) is 0 Å². The lowest BCUT2D eigenvalue weighted by atomic mass is 10.2. The number of hydrogen-bond acceptors (Lipinski definition) is 2. The fourth-order valence-corrected chi connectivity index (χ4v) is 1.63. The number of halogens is 4. The van der Waals surface area contributed by atoms with E-state index < -0.39 is 6.43 Å². The molecular formula is C7H3Br2F2NO. The smallest absolute Gasteiger partial charge is 0.265 e. The maximum absolute atomic E-state index is 12.4. The summed E-state index contributed by atoms with van der Waals surface area (Å²) in [5.74, 6) is 0. The highest BCUT2D eigenvalue weighted by Gasteiger charge is 2.19. The first-order valence-electron chi connectivity index (χ1n) is 3.15. The van der Waals surface area contributed by atoms with E-state index in [0.717, 1.165) is 6.20 Å². The van der Waals surface area contributed by atoms with E-state index in [0.29, 0.717) is 6.29 Å². The van der Waals surface area contributed by atoms with Gasteiger partial charge in [0.1, 0.15) is 4.60 Å². The van der Waals surface area contributed by atoms with E-state index in [-0.39, 0.29) is 20.2 Å². The summed E-state index contributed by atoms with van der Waals surface area (Å²) in [7, 11) is 0. The van der Waals surface area contributed by atoms with Gasteiger partial charge >= 0.3 is 0 Å². The maximum Gasteiger partial charge on any atom is 0.265 e. The summed E-state index contributed by atoms with van der Waals surface area (Å²) < 4.78 is 25.2. The number of hydrogen-bond donors (Lipinski definition) is 0. The van der Waals surface area contributed by atoms with Gasteiger partial charge in [-0.3, -0.25) is 4.79 Å². The Hall–Kier alpha value is -0.360. The molecule has 2 nitrogen and oxygen atoms in total. The predicted molar refractivity (Wildman–Crippen MR) is 50.0 cm³/mol. The summed E-state index contributed by atoms with van der Waals surface area (Å²) in [6.07, 6.45) is -1.25. The first kappa shape index (κ1) is 10.7. The summed E-state index contributed by atoms with van der Waals surface area (Å²) in [5, 5.41) is 0. The first-order chi connectivity index (χ1) is 6.07. The Labute approximate surface area is 89.6 Å². The van der Waals surface area contributed by atoms with Crippen LogP contribution in [0.3, 0.4) is 0 Å². The zero-order chi connectivity index (χ0) is 10.0. The van der Waals surface area contributed by atoms with Gasteiger partial charge in [-0.2, -0.15) is 0 Å². The van der Waals surface area contributed by atoms with Crippen LogP contribution in [-0.2, 0) is 0 Å². The van der Waals surface area contributed by atoms with Crippen molar-refractivity contribution in [1.82, 2.24) is 4.98 Å². The van der Waals surface area contributed by atoms with Crippen LogP contribution in [0.25, 0.3) is 0 Å². The fourth-order valence-electron chi connectivity index (χ4n) is 0.806. The second-order valence-corrected chi connectivity index (χ2v) is 3.69. The Balaban J connectivity index is 3.41. The minimum Gasteiger partial charge on any atom is -0.298 e. The first-order valence-corrected chi connectivity index (χ1v) is 4.73. The highest BCUT2D eigenvalue weighted by atomic mass is 79.9. The van der Waals surface area contributed by atoms with Crippen molar-refractivity contribution < 1.29 is 13.6 Å². The zero-order valence-corrected chi connectivity index (χ0v) is 9.27. The molecule has 0 N–H and O–H groups in total. The zero-order valence-electron chi connectivity index (χ0n) is 6.10. The quantitative estimate of drug-likeness (QED) is 0.619. The molecule has 13 heavy (non-hydrogen) atoms. The molecule has 0 radical (unpaired) electrons. The van der Waals surface area contributed by atoms with Gasteiger partial charge < -0.3 is 0 Å². The SMILES string of the molecule is O=Cc1cnc(Br)c(Br)c1C(F)F. The number of pyridine rings is 1. The Morgan fingerprint density at radius 2 is 2.08 bits per heavy atom. The van der Waals surface area contributed by atoms with Crippen LogP contribution in [0.1, 0.15) is 22.3 Å². The monoisotopic (exact) mass is 313 g/mol. The number of aldehydes is 1. The standard InChI is InChI=1S/C7H3Br2F2NO/c8-5-4(7(10)11)3(2-13)1-12-6(5)9/h1-2,7H. The summed E-state index contributed by atoms with van der Waals surface area (Å²) in [4.78, 5) is 14.1. The predicted octanol–water partition coefficient (Wildman–Crippen LogP) is 3.36. The Morgan fingerprint density at radius 3 is 2.54 bits per heavy atom. The van der Waals surface area contributed by atoms with Crippen LogP contribution in [0.15, 0.2) is 15.3 Å². The lowest BCUT2D eigenvalue weighted by Crippen LogP contribution is -1.97. The molecule has 0 amide bonds. The highest BCUT2D eigenvalue weighted by molar-refractivity contribution is 9.13. The average molecular weight is 315 g/mol. The molecule has 0 bridgehead atoms. The van der Waals surface area contributed by atoms with Gasteiger partial charge in [0.15, 0.2) is 6.29 Å². The van der Waals surface area contributed by atoms with Crippen LogP contribution in [-0.4, -0.2) is 11.3 Å². The number of carbonyl (C=O) groups excluding carboxylic acids is 1. The molecule has 0 saturated carbocycles. The van der Waals surface area contributed by atoms with E-state index in [4.69, 9.17) is 0 Å². The lowest BCUT2D eigenvalue weighted by Gasteiger charge is -2.06. The van der Waals surface area contributed by atoms with E-state index in [1.807, 2.05) is 0 Å². The van der Waals surface area contributed by atoms with Gasteiger partial charge in [-0.05, 0) is 31.9 Å². The van der Waals surface area contributed by atoms with E-state index >= 15 is 0 Å². The van der Waals surface area contributed by atoms with Crippen molar-refractivity contribution in [2.24, 2.45) is 0 Å². The number of alkyl halides is 2. The van der Waals surface area contributed by atoms with Gasteiger partial charge in [0.2, 0.25) is 0 Å². The number of carbonyl (C=O) groups is 1. The third-order valence-corrected chi connectivity index (χ3v) is 3.33. The molecule has 1 aromatic rings. The molecule has 0 aliphatic heterocycles.